The third kappa shape index (κ3) is 4.47. The first-order valence-corrected chi connectivity index (χ1v) is 12.7. The minimum atomic E-state index is -0.623. The van der Waals surface area contributed by atoms with Gasteiger partial charge in [-0.15, -0.1) is 0 Å². The van der Waals surface area contributed by atoms with Crippen LogP contribution in [0.5, 0.6) is 0 Å². The Hall–Kier alpha value is -3.49. The van der Waals surface area contributed by atoms with E-state index in [4.69, 9.17) is 9.15 Å². The number of aromatic nitrogens is 1. The largest absolute Gasteiger partial charge is 0.463 e. The van der Waals surface area contributed by atoms with Gasteiger partial charge in [0.2, 0.25) is 0 Å². The van der Waals surface area contributed by atoms with Crippen molar-refractivity contribution in [2.45, 2.75) is 19.9 Å². The smallest absolute Gasteiger partial charge is 0.338 e. The van der Waals surface area contributed by atoms with Crippen LogP contribution >= 0.6 is 27.3 Å². The number of nitrogens with zero attached hydrogens (tertiary/aromatic N) is 2. The molecular weight excluding hydrogens is 528 g/mol. The summed E-state index contributed by atoms with van der Waals surface area (Å²) < 4.78 is 14.3. The Morgan fingerprint density at radius 3 is 2.71 bits per heavy atom. The van der Waals surface area contributed by atoms with Crippen molar-refractivity contribution >= 4 is 39.3 Å². The highest BCUT2D eigenvalue weighted by molar-refractivity contribution is 9.10. The molecule has 3 heterocycles. The van der Waals surface area contributed by atoms with Crippen LogP contribution in [0.25, 0.3) is 17.4 Å². The van der Waals surface area contributed by atoms with Crippen LogP contribution < -0.4 is 14.9 Å². The Morgan fingerprint density at radius 2 is 1.97 bits per heavy atom. The zero-order valence-electron chi connectivity index (χ0n) is 19.0. The third-order valence-corrected chi connectivity index (χ3v) is 7.12. The Balaban J connectivity index is 1.63. The summed E-state index contributed by atoms with van der Waals surface area (Å²) in [4.78, 5) is 31.6. The number of hydrogen-bond acceptors (Lipinski definition) is 6. The van der Waals surface area contributed by atoms with Crippen molar-refractivity contribution in [2.24, 2.45) is 4.99 Å². The van der Waals surface area contributed by atoms with Crippen LogP contribution in [0.15, 0.2) is 96.7 Å². The number of esters is 1. The second-order valence-corrected chi connectivity index (χ2v) is 9.85. The molecule has 0 fully saturated rings. The number of allylic oxidation sites excluding steroid dienone is 1. The molecule has 0 aliphatic carbocycles. The SMILES string of the molecule is CCOC(=O)C1=C(C)N=c2s/c(=C\c3ccc(-c4cccc(Br)c4)o3)c(=O)n2C1c1ccccc1. The molecule has 0 amide bonds. The quantitative estimate of drug-likeness (QED) is 0.335. The Morgan fingerprint density at radius 1 is 1.17 bits per heavy atom. The van der Waals surface area contributed by atoms with Crippen molar-refractivity contribution in [1.29, 1.82) is 0 Å². The van der Waals surface area contributed by atoms with Crippen LogP contribution in [0.4, 0.5) is 0 Å². The number of benzene rings is 2. The molecule has 0 saturated carbocycles. The van der Waals surface area contributed by atoms with E-state index >= 15 is 0 Å². The molecule has 0 bridgehead atoms. The molecule has 0 spiro atoms. The summed E-state index contributed by atoms with van der Waals surface area (Å²) in [6, 6.07) is 20.4. The van der Waals surface area contributed by atoms with Crippen LogP contribution in [0.1, 0.15) is 31.2 Å². The van der Waals surface area contributed by atoms with Crippen molar-refractivity contribution in [2.75, 3.05) is 6.61 Å². The predicted molar refractivity (Wildman–Crippen MR) is 139 cm³/mol. The Kier molecular flexibility index (Phi) is 6.40. The molecule has 6 nitrogen and oxygen atoms in total. The molecule has 1 aliphatic rings. The fourth-order valence-electron chi connectivity index (χ4n) is 4.10. The van der Waals surface area contributed by atoms with Gasteiger partial charge in [-0.2, -0.15) is 0 Å². The Bertz CT molecular complexity index is 1630. The lowest BCUT2D eigenvalue weighted by molar-refractivity contribution is -0.139. The minimum Gasteiger partial charge on any atom is -0.463 e. The maximum atomic E-state index is 13.6. The summed E-state index contributed by atoms with van der Waals surface area (Å²) in [5.74, 6) is 0.789. The second kappa shape index (κ2) is 9.64. The van der Waals surface area contributed by atoms with Crippen LogP contribution in [0.3, 0.4) is 0 Å². The molecule has 5 rings (SSSR count). The molecule has 1 atom stereocenters. The van der Waals surface area contributed by atoms with E-state index in [2.05, 4.69) is 20.9 Å². The van der Waals surface area contributed by atoms with Crippen molar-refractivity contribution < 1.29 is 13.9 Å². The van der Waals surface area contributed by atoms with Crippen molar-refractivity contribution in [3.63, 3.8) is 0 Å². The normalized spacial score (nSPS) is 15.6. The van der Waals surface area contributed by atoms with Gasteiger partial charge in [0.1, 0.15) is 11.5 Å². The Labute approximate surface area is 213 Å². The minimum absolute atomic E-state index is 0.236. The predicted octanol–water partition coefficient (Wildman–Crippen LogP) is 4.82. The highest BCUT2D eigenvalue weighted by atomic mass is 79.9. The summed E-state index contributed by atoms with van der Waals surface area (Å²) in [7, 11) is 0. The van der Waals surface area contributed by atoms with Gasteiger partial charge in [-0.05, 0) is 43.7 Å². The summed E-state index contributed by atoms with van der Waals surface area (Å²) in [5, 5.41) is 0. The molecule has 0 saturated heterocycles. The fourth-order valence-corrected chi connectivity index (χ4v) is 5.52. The standard InChI is InChI=1S/C27H21BrN2O4S/c1-3-33-26(32)23-16(2)29-27-30(24(23)17-8-5-4-6-9-17)25(31)22(35-27)15-20-12-13-21(34-20)18-10-7-11-19(28)14-18/h4-15,24H,3H2,1-2H3/b22-15-. The maximum absolute atomic E-state index is 13.6. The monoisotopic (exact) mass is 548 g/mol. The van der Waals surface area contributed by atoms with E-state index in [9.17, 15) is 9.59 Å². The second-order valence-electron chi connectivity index (χ2n) is 7.93. The number of carbonyl (C=O) groups excluding carboxylic acids is 1. The molecule has 0 N–H and O–H groups in total. The number of halogens is 1. The van der Waals surface area contributed by atoms with E-state index in [1.165, 1.54) is 11.3 Å². The van der Waals surface area contributed by atoms with Crippen molar-refractivity contribution in [3.8, 4) is 11.3 Å². The van der Waals surface area contributed by atoms with Crippen molar-refractivity contribution in [3.05, 3.63) is 113 Å². The maximum Gasteiger partial charge on any atom is 0.338 e. The summed E-state index contributed by atoms with van der Waals surface area (Å²) in [5.41, 5.74) is 2.41. The van der Waals surface area contributed by atoms with Gasteiger partial charge in [-0.3, -0.25) is 9.36 Å². The molecule has 1 unspecified atom stereocenters. The molecule has 1 aliphatic heterocycles. The number of carbonyl (C=O) groups is 1. The zero-order chi connectivity index (χ0) is 24.5. The number of furan rings is 1. The van der Waals surface area contributed by atoms with Gasteiger partial charge in [0.15, 0.2) is 4.80 Å². The van der Waals surface area contributed by atoms with E-state index in [1.807, 2.05) is 66.7 Å². The van der Waals surface area contributed by atoms with Crippen LogP contribution in [-0.2, 0) is 9.53 Å². The fraction of sp³-hybridized carbons (Fsp3) is 0.148. The zero-order valence-corrected chi connectivity index (χ0v) is 21.4. The van der Waals surface area contributed by atoms with Gasteiger partial charge in [0, 0.05) is 16.1 Å². The van der Waals surface area contributed by atoms with E-state index in [1.54, 1.807) is 24.5 Å². The lowest BCUT2D eigenvalue weighted by Crippen LogP contribution is -2.39. The van der Waals surface area contributed by atoms with E-state index < -0.39 is 12.0 Å². The topological polar surface area (TPSA) is 73.8 Å². The van der Waals surface area contributed by atoms with Crippen molar-refractivity contribution in [1.82, 2.24) is 4.57 Å². The van der Waals surface area contributed by atoms with Crippen LogP contribution in [0.2, 0.25) is 0 Å². The lowest BCUT2D eigenvalue weighted by atomic mass is 9.96. The summed E-state index contributed by atoms with van der Waals surface area (Å²) in [6.45, 7) is 3.77. The third-order valence-electron chi connectivity index (χ3n) is 5.64. The summed E-state index contributed by atoms with van der Waals surface area (Å²) in [6.07, 6.45) is 1.72. The van der Waals surface area contributed by atoms with Gasteiger partial charge in [0.05, 0.1) is 28.5 Å². The molecule has 0 radical (unpaired) electrons. The summed E-state index contributed by atoms with van der Waals surface area (Å²) >= 11 is 4.75. The van der Waals surface area contributed by atoms with E-state index in [0.29, 0.717) is 32.1 Å². The molecule has 2 aromatic carbocycles. The number of rotatable bonds is 5. The first kappa shape index (κ1) is 23.3. The first-order chi connectivity index (χ1) is 17.0. The molecule has 176 valence electrons. The number of fused-ring (bicyclic) bond motifs is 1. The highest BCUT2D eigenvalue weighted by Crippen LogP contribution is 2.30. The van der Waals surface area contributed by atoms with Gasteiger partial charge >= 0.3 is 5.97 Å². The molecular formula is C27H21BrN2O4S. The molecule has 4 aromatic rings. The highest BCUT2D eigenvalue weighted by Gasteiger charge is 2.33. The number of hydrogen-bond donors (Lipinski definition) is 0. The first-order valence-electron chi connectivity index (χ1n) is 11.1. The average Bonchev–Trinajstić information content (AvgIpc) is 3.43. The van der Waals surface area contributed by atoms with Gasteiger partial charge in [-0.25, -0.2) is 9.79 Å². The van der Waals surface area contributed by atoms with E-state index in [0.717, 1.165) is 15.6 Å². The van der Waals surface area contributed by atoms with Gasteiger partial charge < -0.3 is 9.15 Å². The van der Waals surface area contributed by atoms with Gasteiger partial charge in [0.25, 0.3) is 5.56 Å². The van der Waals surface area contributed by atoms with Gasteiger partial charge in [-0.1, -0.05) is 69.7 Å². The lowest BCUT2D eigenvalue weighted by Gasteiger charge is -2.24. The van der Waals surface area contributed by atoms with Crippen LogP contribution in [0, 0.1) is 0 Å². The number of ether oxygens (including phenoxy) is 1. The molecule has 35 heavy (non-hydrogen) atoms. The molecule has 8 heteroatoms. The average molecular weight is 549 g/mol. The van der Waals surface area contributed by atoms with E-state index in [-0.39, 0.29) is 12.2 Å². The molecule has 2 aromatic heterocycles. The number of thiazole rings is 1. The van der Waals surface area contributed by atoms with Crippen LogP contribution in [-0.4, -0.2) is 17.1 Å².